The largest absolute Gasteiger partial charge is 0.345 e. The van der Waals surface area contributed by atoms with E-state index in [2.05, 4.69) is 9.97 Å². The Kier molecular flexibility index (Phi) is 2.17. The van der Waals surface area contributed by atoms with Gasteiger partial charge in [-0.15, -0.1) is 0 Å². The average Bonchev–Trinajstić information content (AvgIpc) is 2.47. The van der Waals surface area contributed by atoms with Gasteiger partial charge >= 0.3 is 0 Å². The summed E-state index contributed by atoms with van der Waals surface area (Å²) in [6.07, 6.45) is 1.38. The van der Waals surface area contributed by atoms with Crippen molar-refractivity contribution in [2.45, 2.75) is 4.90 Å². The molecule has 0 atom stereocenters. The highest BCUT2D eigenvalue weighted by Crippen LogP contribution is 2.27. The molecule has 0 aliphatic carbocycles. The third-order valence-electron chi connectivity index (χ3n) is 1.72. The Morgan fingerprint density at radius 2 is 2.07 bits per heavy atom. The van der Waals surface area contributed by atoms with Crippen LogP contribution in [-0.2, 0) is 9.05 Å². The second-order valence-corrected chi connectivity index (χ2v) is 5.61. The number of hydrogen-bond acceptors (Lipinski definition) is 3. The van der Waals surface area contributed by atoms with Gasteiger partial charge in [0, 0.05) is 15.7 Å². The van der Waals surface area contributed by atoms with Crippen LogP contribution in [0.5, 0.6) is 0 Å². The zero-order valence-electron chi connectivity index (χ0n) is 6.66. The van der Waals surface area contributed by atoms with Gasteiger partial charge in [0.1, 0.15) is 10.4 Å². The predicted molar refractivity (Wildman–Crippen MR) is 54.1 cm³/mol. The van der Waals surface area contributed by atoms with Crippen molar-refractivity contribution in [2.24, 2.45) is 0 Å². The first-order chi connectivity index (χ1) is 6.48. The molecule has 14 heavy (non-hydrogen) atoms. The maximum atomic E-state index is 11.1. The first-order valence-corrected chi connectivity index (χ1v) is 6.24. The lowest BCUT2D eigenvalue weighted by Crippen LogP contribution is -1.92. The fourth-order valence-corrected chi connectivity index (χ4v) is 2.47. The van der Waals surface area contributed by atoms with E-state index in [0.717, 1.165) is 0 Å². The number of imidazole rings is 1. The van der Waals surface area contributed by atoms with Gasteiger partial charge in [-0.3, -0.25) is 0 Å². The zero-order chi connectivity index (χ0) is 10.3. The Bertz CT molecular complexity index is 591. The minimum atomic E-state index is -3.82. The number of nitrogens with zero attached hydrogens (tertiary/aromatic N) is 1. The molecule has 0 amide bonds. The molecular weight excluding hydrogens is 247 g/mol. The van der Waals surface area contributed by atoms with Crippen molar-refractivity contribution in [1.29, 1.82) is 0 Å². The summed E-state index contributed by atoms with van der Waals surface area (Å²) in [5, 5.41) is 0.293. The third kappa shape index (κ3) is 1.58. The van der Waals surface area contributed by atoms with Crippen molar-refractivity contribution in [3.8, 4) is 0 Å². The molecule has 4 nitrogen and oxygen atoms in total. The molecule has 0 bridgehead atoms. The molecule has 0 radical (unpaired) electrons. The molecule has 0 aliphatic rings. The molecule has 1 aromatic heterocycles. The Balaban J connectivity index is 2.94. The van der Waals surface area contributed by atoms with E-state index in [1.165, 1.54) is 12.4 Å². The molecule has 1 N–H and O–H groups in total. The number of aromatic nitrogens is 2. The van der Waals surface area contributed by atoms with E-state index in [9.17, 15) is 8.42 Å². The van der Waals surface area contributed by atoms with E-state index < -0.39 is 9.05 Å². The Morgan fingerprint density at radius 3 is 2.71 bits per heavy atom. The fourth-order valence-electron chi connectivity index (χ4n) is 1.17. The Hall–Kier alpha value is -0.780. The van der Waals surface area contributed by atoms with Gasteiger partial charge < -0.3 is 4.98 Å². The maximum absolute atomic E-state index is 11.1. The summed E-state index contributed by atoms with van der Waals surface area (Å²) in [4.78, 5) is 6.52. The van der Waals surface area contributed by atoms with E-state index in [4.69, 9.17) is 22.3 Å². The molecule has 0 fully saturated rings. The Morgan fingerprint density at radius 1 is 1.36 bits per heavy atom. The number of nitrogens with one attached hydrogen (secondary N) is 1. The predicted octanol–water partition coefficient (Wildman–Crippen LogP) is 2.14. The van der Waals surface area contributed by atoms with Gasteiger partial charge in [0.25, 0.3) is 9.05 Å². The van der Waals surface area contributed by atoms with Crippen molar-refractivity contribution in [3.05, 3.63) is 23.5 Å². The van der Waals surface area contributed by atoms with Gasteiger partial charge in [-0.2, -0.15) is 0 Å². The van der Waals surface area contributed by atoms with E-state index >= 15 is 0 Å². The number of H-pyrrole nitrogens is 1. The van der Waals surface area contributed by atoms with Crippen molar-refractivity contribution < 1.29 is 8.42 Å². The first-order valence-electron chi connectivity index (χ1n) is 3.56. The lowest BCUT2D eigenvalue weighted by atomic mass is 10.3. The number of halogens is 2. The molecule has 1 aromatic carbocycles. The summed E-state index contributed by atoms with van der Waals surface area (Å²) in [5.41, 5.74) is 0.834. The van der Waals surface area contributed by atoms with Crippen LogP contribution in [0.3, 0.4) is 0 Å². The number of rotatable bonds is 1. The summed E-state index contributed by atoms with van der Waals surface area (Å²) in [5.74, 6) is 0. The fraction of sp³-hybridized carbons (Fsp3) is 0. The first kappa shape index (κ1) is 9.76. The van der Waals surface area contributed by atoms with E-state index in [-0.39, 0.29) is 4.90 Å². The summed E-state index contributed by atoms with van der Waals surface area (Å²) in [6, 6.07) is 2.85. The molecule has 0 aliphatic heterocycles. The zero-order valence-corrected chi connectivity index (χ0v) is 8.99. The van der Waals surface area contributed by atoms with Crippen molar-refractivity contribution in [2.75, 3.05) is 0 Å². The van der Waals surface area contributed by atoms with E-state index in [1.54, 1.807) is 6.07 Å². The SMILES string of the molecule is O=S(=O)(Cl)c1cc(Cl)cc2[nH]cnc12. The van der Waals surface area contributed by atoms with Gasteiger partial charge in [-0.05, 0) is 12.1 Å². The van der Waals surface area contributed by atoms with Crippen LogP contribution < -0.4 is 0 Å². The lowest BCUT2D eigenvalue weighted by Gasteiger charge is -1.98. The Labute approximate surface area is 89.3 Å². The molecule has 0 saturated carbocycles. The third-order valence-corrected chi connectivity index (χ3v) is 3.27. The van der Waals surface area contributed by atoms with Crippen LogP contribution >= 0.6 is 22.3 Å². The summed E-state index contributed by atoms with van der Waals surface area (Å²) in [6.45, 7) is 0. The molecule has 0 unspecified atom stereocenters. The highest BCUT2D eigenvalue weighted by Gasteiger charge is 2.16. The van der Waals surface area contributed by atoms with E-state index in [0.29, 0.717) is 16.1 Å². The lowest BCUT2D eigenvalue weighted by molar-refractivity contribution is 0.610. The summed E-state index contributed by atoms with van der Waals surface area (Å²) >= 11 is 5.72. The maximum Gasteiger partial charge on any atom is 0.263 e. The van der Waals surface area contributed by atoms with Gasteiger partial charge in [0.2, 0.25) is 0 Å². The molecule has 2 aromatic rings. The highest BCUT2D eigenvalue weighted by molar-refractivity contribution is 8.14. The minimum absolute atomic E-state index is 0.0806. The number of fused-ring (bicyclic) bond motifs is 1. The summed E-state index contributed by atoms with van der Waals surface area (Å²) in [7, 11) is 1.41. The normalized spacial score (nSPS) is 12.1. The topological polar surface area (TPSA) is 62.8 Å². The standard InChI is InChI=1S/C7H4Cl2N2O2S/c8-4-1-5-7(11-3-10-5)6(2-4)14(9,12)13/h1-3H,(H,10,11). The number of benzene rings is 1. The van der Waals surface area contributed by atoms with Crippen molar-refractivity contribution in [3.63, 3.8) is 0 Å². The van der Waals surface area contributed by atoms with Gasteiger partial charge in [0.15, 0.2) is 0 Å². The number of hydrogen-bond donors (Lipinski definition) is 1. The summed E-state index contributed by atoms with van der Waals surface area (Å²) < 4.78 is 22.3. The van der Waals surface area contributed by atoms with Gasteiger partial charge in [-0.25, -0.2) is 13.4 Å². The molecule has 0 spiro atoms. The average molecular weight is 251 g/mol. The second-order valence-electron chi connectivity index (χ2n) is 2.64. The molecule has 2 rings (SSSR count). The molecule has 1 heterocycles. The van der Waals surface area contributed by atoms with Crippen molar-refractivity contribution in [1.82, 2.24) is 9.97 Å². The smallest absolute Gasteiger partial charge is 0.263 e. The van der Waals surface area contributed by atoms with Gasteiger partial charge in [-0.1, -0.05) is 11.6 Å². The van der Waals surface area contributed by atoms with Crippen LogP contribution in [0, 0.1) is 0 Å². The van der Waals surface area contributed by atoms with Crippen LogP contribution in [0.25, 0.3) is 11.0 Å². The monoisotopic (exact) mass is 250 g/mol. The minimum Gasteiger partial charge on any atom is -0.345 e. The molecular formula is C7H4Cl2N2O2S. The van der Waals surface area contributed by atoms with Gasteiger partial charge in [0.05, 0.1) is 11.8 Å². The molecule has 7 heteroatoms. The van der Waals surface area contributed by atoms with Crippen LogP contribution in [0.4, 0.5) is 0 Å². The second kappa shape index (κ2) is 3.12. The molecule has 0 saturated heterocycles. The van der Waals surface area contributed by atoms with Crippen LogP contribution in [0.2, 0.25) is 5.02 Å². The van der Waals surface area contributed by atoms with Crippen LogP contribution in [-0.4, -0.2) is 18.4 Å². The van der Waals surface area contributed by atoms with Crippen LogP contribution in [0.15, 0.2) is 23.4 Å². The van der Waals surface area contributed by atoms with E-state index in [1.807, 2.05) is 0 Å². The molecule has 74 valence electrons. The van der Waals surface area contributed by atoms with Crippen molar-refractivity contribution >= 4 is 42.4 Å². The quantitative estimate of drug-likeness (QED) is 0.790. The highest BCUT2D eigenvalue weighted by atomic mass is 35.7. The van der Waals surface area contributed by atoms with Crippen LogP contribution in [0.1, 0.15) is 0 Å². The number of aromatic amines is 1.